The van der Waals surface area contributed by atoms with Crippen LogP contribution < -0.4 is 5.32 Å². The molecule has 0 atom stereocenters. The van der Waals surface area contributed by atoms with E-state index in [9.17, 15) is 4.79 Å². The highest BCUT2D eigenvalue weighted by Crippen LogP contribution is 2.28. The lowest BCUT2D eigenvalue weighted by molar-refractivity contribution is -0.131. The quantitative estimate of drug-likeness (QED) is 0.382. The van der Waals surface area contributed by atoms with Gasteiger partial charge < -0.3 is 19.9 Å². The zero-order chi connectivity index (χ0) is 19.8. The maximum atomic E-state index is 12.5. The van der Waals surface area contributed by atoms with Crippen molar-refractivity contribution in [2.45, 2.75) is 45.7 Å². The lowest BCUT2D eigenvalue weighted by Gasteiger charge is -2.22. The van der Waals surface area contributed by atoms with Gasteiger partial charge in [0.1, 0.15) is 0 Å². The highest BCUT2D eigenvalue weighted by molar-refractivity contribution is 5.80. The minimum atomic E-state index is 0.221. The van der Waals surface area contributed by atoms with Crippen molar-refractivity contribution in [1.29, 1.82) is 0 Å². The van der Waals surface area contributed by atoms with Crippen molar-refractivity contribution in [2.75, 3.05) is 39.9 Å². The van der Waals surface area contributed by atoms with E-state index in [2.05, 4.69) is 34.3 Å². The number of benzene rings is 1. The molecule has 1 heterocycles. The molecule has 154 valence electrons. The molecule has 2 aliphatic rings. The Balaban J connectivity index is 1.36. The number of ether oxygens (including phenoxy) is 1. The predicted octanol–water partition coefficient (Wildman–Crippen LogP) is 2.63. The second-order valence-electron chi connectivity index (χ2n) is 7.80. The van der Waals surface area contributed by atoms with Crippen LogP contribution in [0.25, 0.3) is 0 Å². The van der Waals surface area contributed by atoms with Crippen LogP contribution in [0.2, 0.25) is 0 Å². The SMILES string of the molecule is CCNC(=NCCCC(=O)N1Cc2ccccc2C1)N(C)CCOCC1CC1. The minimum Gasteiger partial charge on any atom is -0.379 e. The first kappa shape index (κ1) is 20.6. The molecule has 1 fully saturated rings. The second kappa shape index (κ2) is 10.5. The lowest BCUT2D eigenvalue weighted by Crippen LogP contribution is -2.40. The van der Waals surface area contributed by atoms with Crippen molar-refractivity contribution in [3.05, 3.63) is 35.4 Å². The van der Waals surface area contributed by atoms with Crippen LogP contribution in [-0.2, 0) is 22.6 Å². The molecule has 0 spiro atoms. The highest BCUT2D eigenvalue weighted by atomic mass is 16.5. The van der Waals surface area contributed by atoms with E-state index in [-0.39, 0.29) is 5.91 Å². The molecule has 1 aromatic carbocycles. The van der Waals surface area contributed by atoms with Crippen molar-refractivity contribution in [2.24, 2.45) is 10.9 Å². The third-order valence-corrected chi connectivity index (χ3v) is 5.32. The molecule has 1 aromatic rings. The van der Waals surface area contributed by atoms with E-state index in [1.165, 1.54) is 24.0 Å². The molecule has 0 aromatic heterocycles. The number of hydrogen-bond acceptors (Lipinski definition) is 3. The van der Waals surface area contributed by atoms with Crippen LogP contribution in [0.1, 0.15) is 43.7 Å². The first-order chi connectivity index (χ1) is 13.7. The fourth-order valence-corrected chi connectivity index (χ4v) is 3.39. The summed E-state index contributed by atoms with van der Waals surface area (Å²) in [5, 5.41) is 3.32. The largest absolute Gasteiger partial charge is 0.379 e. The third kappa shape index (κ3) is 6.23. The van der Waals surface area contributed by atoms with Gasteiger partial charge in [0.15, 0.2) is 5.96 Å². The van der Waals surface area contributed by atoms with Gasteiger partial charge >= 0.3 is 0 Å². The number of guanidine groups is 1. The molecule has 0 saturated heterocycles. The van der Waals surface area contributed by atoms with Crippen LogP contribution >= 0.6 is 0 Å². The summed E-state index contributed by atoms with van der Waals surface area (Å²) in [5.41, 5.74) is 2.54. The van der Waals surface area contributed by atoms with Gasteiger partial charge in [-0.05, 0) is 43.2 Å². The lowest BCUT2D eigenvalue weighted by atomic mass is 10.1. The molecule has 1 saturated carbocycles. The van der Waals surface area contributed by atoms with Gasteiger partial charge in [0.05, 0.1) is 6.61 Å². The van der Waals surface area contributed by atoms with Crippen LogP contribution in [0.4, 0.5) is 0 Å². The first-order valence-electron chi connectivity index (χ1n) is 10.6. The van der Waals surface area contributed by atoms with Gasteiger partial charge in [0.25, 0.3) is 0 Å². The fourth-order valence-electron chi connectivity index (χ4n) is 3.39. The Morgan fingerprint density at radius 2 is 2.00 bits per heavy atom. The summed E-state index contributed by atoms with van der Waals surface area (Å²) >= 11 is 0. The number of rotatable bonds is 10. The molecule has 6 heteroatoms. The van der Waals surface area contributed by atoms with Gasteiger partial charge in [-0.3, -0.25) is 9.79 Å². The maximum absolute atomic E-state index is 12.5. The minimum absolute atomic E-state index is 0.221. The molecule has 1 N–H and O–H groups in total. The molecular formula is C22H34N4O2. The second-order valence-corrected chi connectivity index (χ2v) is 7.80. The molecule has 6 nitrogen and oxygen atoms in total. The Morgan fingerprint density at radius 1 is 1.29 bits per heavy atom. The summed E-state index contributed by atoms with van der Waals surface area (Å²) < 4.78 is 5.72. The summed E-state index contributed by atoms with van der Waals surface area (Å²) in [4.78, 5) is 21.2. The molecule has 0 unspecified atom stereocenters. The predicted molar refractivity (Wildman–Crippen MR) is 112 cm³/mol. The van der Waals surface area contributed by atoms with Gasteiger partial charge in [0, 0.05) is 52.8 Å². The Hall–Kier alpha value is -2.08. The molecule has 1 aliphatic heterocycles. The molecule has 28 heavy (non-hydrogen) atoms. The average Bonchev–Trinajstić information content (AvgIpc) is 3.42. The summed E-state index contributed by atoms with van der Waals surface area (Å²) in [6, 6.07) is 8.30. The van der Waals surface area contributed by atoms with Crippen molar-refractivity contribution < 1.29 is 9.53 Å². The first-order valence-corrected chi connectivity index (χ1v) is 10.6. The molecule has 3 rings (SSSR count). The third-order valence-electron chi connectivity index (χ3n) is 5.32. The Morgan fingerprint density at radius 3 is 2.64 bits per heavy atom. The van der Waals surface area contributed by atoms with E-state index in [1.54, 1.807) is 0 Å². The molecule has 0 radical (unpaired) electrons. The smallest absolute Gasteiger partial charge is 0.223 e. The van der Waals surface area contributed by atoms with E-state index >= 15 is 0 Å². The molecule has 0 bridgehead atoms. The number of hydrogen-bond donors (Lipinski definition) is 1. The number of amides is 1. The Bertz CT molecular complexity index is 647. The van der Waals surface area contributed by atoms with Crippen LogP contribution in [0.5, 0.6) is 0 Å². The van der Waals surface area contributed by atoms with Crippen LogP contribution in [0, 0.1) is 5.92 Å². The van der Waals surface area contributed by atoms with Gasteiger partial charge in [-0.1, -0.05) is 24.3 Å². The van der Waals surface area contributed by atoms with Crippen molar-refractivity contribution in [3.63, 3.8) is 0 Å². The van der Waals surface area contributed by atoms with Crippen molar-refractivity contribution in [1.82, 2.24) is 15.1 Å². The van der Waals surface area contributed by atoms with Crippen LogP contribution in [0.15, 0.2) is 29.3 Å². The maximum Gasteiger partial charge on any atom is 0.223 e. The van der Waals surface area contributed by atoms with E-state index in [1.807, 2.05) is 24.1 Å². The zero-order valence-corrected chi connectivity index (χ0v) is 17.3. The number of carbonyl (C=O) groups excluding carboxylic acids is 1. The summed E-state index contributed by atoms with van der Waals surface area (Å²) in [7, 11) is 2.04. The standard InChI is InChI=1S/C22H34N4O2/c1-3-23-22(25(2)13-14-28-17-18-10-11-18)24-12-6-9-21(27)26-15-19-7-4-5-8-20(19)16-26/h4-5,7-8,18H,3,6,9-17H2,1-2H3,(H,23,24). The van der Waals surface area contributed by atoms with Crippen LogP contribution in [0.3, 0.4) is 0 Å². The van der Waals surface area contributed by atoms with Gasteiger partial charge in [-0.25, -0.2) is 0 Å². The number of nitrogens with zero attached hydrogens (tertiary/aromatic N) is 3. The van der Waals surface area contributed by atoms with Crippen molar-refractivity contribution >= 4 is 11.9 Å². The van der Waals surface area contributed by atoms with E-state index in [4.69, 9.17) is 4.74 Å². The zero-order valence-electron chi connectivity index (χ0n) is 17.3. The number of aliphatic imine (C=N–C) groups is 1. The van der Waals surface area contributed by atoms with E-state index in [0.29, 0.717) is 13.0 Å². The average molecular weight is 387 g/mol. The number of fused-ring (bicyclic) bond motifs is 1. The summed E-state index contributed by atoms with van der Waals surface area (Å²) in [5.74, 6) is 1.91. The van der Waals surface area contributed by atoms with Gasteiger partial charge in [0.2, 0.25) is 5.91 Å². The highest BCUT2D eigenvalue weighted by Gasteiger charge is 2.22. The number of nitrogens with one attached hydrogen (secondary N) is 1. The Kier molecular flexibility index (Phi) is 7.71. The summed E-state index contributed by atoms with van der Waals surface area (Å²) in [6.45, 7) is 7.48. The van der Waals surface area contributed by atoms with E-state index in [0.717, 1.165) is 57.7 Å². The number of carbonyl (C=O) groups is 1. The number of likely N-dealkylation sites (N-methyl/N-ethyl adjacent to an activating group) is 1. The monoisotopic (exact) mass is 386 g/mol. The Labute approximate surface area is 168 Å². The normalized spacial score (nSPS) is 16.2. The van der Waals surface area contributed by atoms with E-state index < -0.39 is 0 Å². The van der Waals surface area contributed by atoms with Gasteiger partial charge in [-0.2, -0.15) is 0 Å². The van der Waals surface area contributed by atoms with Gasteiger partial charge in [-0.15, -0.1) is 0 Å². The topological polar surface area (TPSA) is 57.2 Å². The van der Waals surface area contributed by atoms with Crippen molar-refractivity contribution in [3.8, 4) is 0 Å². The fraction of sp³-hybridized carbons (Fsp3) is 0.636. The summed E-state index contributed by atoms with van der Waals surface area (Å²) in [6.07, 6.45) is 3.96. The molecular weight excluding hydrogens is 352 g/mol. The molecule has 1 aliphatic carbocycles. The van der Waals surface area contributed by atoms with Crippen LogP contribution in [-0.4, -0.2) is 61.6 Å². The molecule has 1 amide bonds.